The molecule has 0 bridgehead atoms. The number of rotatable bonds is 2. The standard InChI is InChI=1S/C13H15ClN2/c14-11-1-2-13-12(6-11)10(8-16-13)5-9-3-4-15-7-9/h1-2,6,8-9,15-16H,3-5,7H2. The quantitative estimate of drug-likeness (QED) is 0.822. The van der Waals surface area contributed by atoms with Crippen molar-refractivity contribution in [3.63, 3.8) is 0 Å². The second kappa shape index (κ2) is 4.11. The Hall–Kier alpha value is -0.990. The summed E-state index contributed by atoms with van der Waals surface area (Å²) >= 11 is 6.04. The van der Waals surface area contributed by atoms with Gasteiger partial charge in [0.25, 0.3) is 0 Å². The van der Waals surface area contributed by atoms with E-state index in [0.717, 1.165) is 30.5 Å². The van der Waals surface area contributed by atoms with Crippen LogP contribution in [0.2, 0.25) is 5.02 Å². The Morgan fingerprint density at radius 1 is 1.38 bits per heavy atom. The van der Waals surface area contributed by atoms with E-state index in [1.54, 1.807) is 0 Å². The molecule has 1 aromatic carbocycles. The largest absolute Gasteiger partial charge is 0.361 e. The zero-order valence-corrected chi connectivity index (χ0v) is 9.85. The van der Waals surface area contributed by atoms with Gasteiger partial charge >= 0.3 is 0 Å². The van der Waals surface area contributed by atoms with E-state index in [2.05, 4.69) is 22.6 Å². The van der Waals surface area contributed by atoms with Crippen LogP contribution in [0.15, 0.2) is 24.4 Å². The molecule has 0 saturated carbocycles. The van der Waals surface area contributed by atoms with Gasteiger partial charge in [0.2, 0.25) is 0 Å². The molecule has 3 heteroatoms. The van der Waals surface area contributed by atoms with Gasteiger partial charge in [-0.2, -0.15) is 0 Å². The highest BCUT2D eigenvalue weighted by atomic mass is 35.5. The van der Waals surface area contributed by atoms with E-state index in [9.17, 15) is 0 Å². The average Bonchev–Trinajstić information content (AvgIpc) is 2.90. The molecular formula is C13H15ClN2. The minimum atomic E-state index is 0.776. The molecule has 84 valence electrons. The summed E-state index contributed by atoms with van der Waals surface area (Å²) in [7, 11) is 0. The number of benzene rings is 1. The first-order valence-corrected chi connectivity index (χ1v) is 6.17. The number of aromatic nitrogens is 1. The Bertz CT molecular complexity index is 498. The van der Waals surface area contributed by atoms with Gasteiger partial charge in [-0.15, -0.1) is 0 Å². The molecule has 1 aromatic heterocycles. The Labute approximate surface area is 100.0 Å². The number of aromatic amines is 1. The third kappa shape index (κ3) is 1.83. The van der Waals surface area contributed by atoms with E-state index in [1.165, 1.54) is 22.9 Å². The zero-order chi connectivity index (χ0) is 11.0. The molecular weight excluding hydrogens is 220 g/mol. The minimum Gasteiger partial charge on any atom is -0.361 e. The topological polar surface area (TPSA) is 27.8 Å². The summed E-state index contributed by atoms with van der Waals surface area (Å²) in [6, 6.07) is 6.04. The highest BCUT2D eigenvalue weighted by Crippen LogP contribution is 2.25. The molecule has 1 aliphatic heterocycles. The van der Waals surface area contributed by atoms with Crippen LogP contribution in [-0.4, -0.2) is 18.1 Å². The summed E-state index contributed by atoms with van der Waals surface area (Å²) < 4.78 is 0. The molecule has 0 amide bonds. The first-order chi connectivity index (χ1) is 7.83. The van der Waals surface area contributed by atoms with Gasteiger partial charge in [-0.05, 0) is 55.6 Å². The number of fused-ring (bicyclic) bond motifs is 1. The molecule has 1 atom stereocenters. The average molecular weight is 235 g/mol. The summed E-state index contributed by atoms with van der Waals surface area (Å²) in [5.41, 5.74) is 2.58. The van der Waals surface area contributed by atoms with Crippen molar-refractivity contribution >= 4 is 22.5 Å². The van der Waals surface area contributed by atoms with Gasteiger partial charge in [0.1, 0.15) is 0 Å². The maximum atomic E-state index is 6.04. The summed E-state index contributed by atoms with van der Waals surface area (Å²) in [6.45, 7) is 2.31. The number of nitrogens with one attached hydrogen (secondary N) is 2. The number of halogens is 1. The SMILES string of the molecule is Clc1ccc2[nH]cc(CC3CCNC3)c2c1. The number of hydrogen-bond acceptors (Lipinski definition) is 1. The molecule has 2 heterocycles. The van der Waals surface area contributed by atoms with E-state index in [1.807, 2.05) is 12.1 Å². The fourth-order valence-corrected chi connectivity index (χ4v) is 2.69. The molecule has 1 aliphatic rings. The lowest BCUT2D eigenvalue weighted by atomic mass is 9.98. The molecule has 1 fully saturated rings. The smallest absolute Gasteiger partial charge is 0.0457 e. The van der Waals surface area contributed by atoms with Crippen molar-refractivity contribution in [2.45, 2.75) is 12.8 Å². The van der Waals surface area contributed by atoms with E-state index in [4.69, 9.17) is 11.6 Å². The summed E-state index contributed by atoms with van der Waals surface area (Å²) in [5, 5.41) is 5.50. The van der Waals surface area contributed by atoms with Gasteiger partial charge < -0.3 is 10.3 Å². The van der Waals surface area contributed by atoms with Crippen molar-refractivity contribution in [3.8, 4) is 0 Å². The maximum Gasteiger partial charge on any atom is 0.0457 e. The van der Waals surface area contributed by atoms with E-state index < -0.39 is 0 Å². The Morgan fingerprint density at radius 2 is 2.31 bits per heavy atom. The number of H-pyrrole nitrogens is 1. The lowest BCUT2D eigenvalue weighted by Gasteiger charge is -2.06. The molecule has 2 N–H and O–H groups in total. The van der Waals surface area contributed by atoms with Crippen molar-refractivity contribution in [2.75, 3.05) is 13.1 Å². The van der Waals surface area contributed by atoms with Gasteiger partial charge in [-0.25, -0.2) is 0 Å². The predicted octanol–water partition coefficient (Wildman–Crippen LogP) is 2.97. The first kappa shape index (κ1) is 10.2. The van der Waals surface area contributed by atoms with Crippen molar-refractivity contribution < 1.29 is 0 Å². The Kier molecular flexibility index (Phi) is 2.62. The predicted molar refractivity (Wildman–Crippen MR) is 68.0 cm³/mol. The second-order valence-electron chi connectivity index (χ2n) is 4.57. The monoisotopic (exact) mass is 234 g/mol. The number of hydrogen-bond donors (Lipinski definition) is 2. The summed E-state index contributed by atoms with van der Waals surface area (Å²) in [6.07, 6.45) is 4.56. The van der Waals surface area contributed by atoms with Crippen molar-refractivity contribution in [1.82, 2.24) is 10.3 Å². The third-order valence-electron chi connectivity index (χ3n) is 3.40. The van der Waals surface area contributed by atoms with Gasteiger partial charge in [-0.3, -0.25) is 0 Å². The minimum absolute atomic E-state index is 0.776. The lowest BCUT2D eigenvalue weighted by molar-refractivity contribution is 0.582. The molecule has 0 radical (unpaired) electrons. The van der Waals surface area contributed by atoms with Crippen LogP contribution < -0.4 is 5.32 Å². The molecule has 2 nitrogen and oxygen atoms in total. The Balaban J connectivity index is 1.93. The fourth-order valence-electron chi connectivity index (χ4n) is 2.52. The van der Waals surface area contributed by atoms with Gasteiger partial charge in [-0.1, -0.05) is 11.6 Å². The second-order valence-corrected chi connectivity index (χ2v) is 5.00. The van der Waals surface area contributed by atoms with Gasteiger partial charge in [0.15, 0.2) is 0 Å². The van der Waals surface area contributed by atoms with Gasteiger partial charge in [0, 0.05) is 22.1 Å². The van der Waals surface area contributed by atoms with Crippen LogP contribution in [0.4, 0.5) is 0 Å². The fraction of sp³-hybridized carbons (Fsp3) is 0.385. The first-order valence-electron chi connectivity index (χ1n) is 5.79. The molecule has 3 rings (SSSR count). The third-order valence-corrected chi connectivity index (χ3v) is 3.64. The van der Waals surface area contributed by atoms with Crippen LogP contribution in [0.1, 0.15) is 12.0 Å². The molecule has 1 unspecified atom stereocenters. The summed E-state index contributed by atoms with van der Waals surface area (Å²) in [5.74, 6) is 0.776. The summed E-state index contributed by atoms with van der Waals surface area (Å²) in [4.78, 5) is 3.31. The Morgan fingerprint density at radius 3 is 3.12 bits per heavy atom. The van der Waals surface area contributed by atoms with E-state index in [-0.39, 0.29) is 0 Å². The molecule has 0 spiro atoms. The molecule has 2 aromatic rings. The highest BCUT2D eigenvalue weighted by Gasteiger charge is 2.16. The van der Waals surface area contributed by atoms with Crippen molar-refractivity contribution in [3.05, 3.63) is 35.0 Å². The lowest BCUT2D eigenvalue weighted by Crippen LogP contribution is -2.10. The van der Waals surface area contributed by atoms with Crippen LogP contribution in [0.5, 0.6) is 0 Å². The van der Waals surface area contributed by atoms with E-state index >= 15 is 0 Å². The van der Waals surface area contributed by atoms with Crippen LogP contribution in [0.3, 0.4) is 0 Å². The molecule has 16 heavy (non-hydrogen) atoms. The van der Waals surface area contributed by atoms with Crippen LogP contribution >= 0.6 is 11.6 Å². The van der Waals surface area contributed by atoms with Crippen LogP contribution in [-0.2, 0) is 6.42 Å². The molecule has 0 aliphatic carbocycles. The van der Waals surface area contributed by atoms with Crippen LogP contribution in [0.25, 0.3) is 10.9 Å². The molecule has 1 saturated heterocycles. The van der Waals surface area contributed by atoms with Crippen molar-refractivity contribution in [1.29, 1.82) is 0 Å². The zero-order valence-electron chi connectivity index (χ0n) is 9.09. The van der Waals surface area contributed by atoms with Crippen molar-refractivity contribution in [2.24, 2.45) is 5.92 Å². The van der Waals surface area contributed by atoms with E-state index in [0.29, 0.717) is 0 Å². The highest BCUT2D eigenvalue weighted by molar-refractivity contribution is 6.31. The maximum absolute atomic E-state index is 6.04. The van der Waals surface area contributed by atoms with Gasteiger partial charge in [0.05, 0.1) is 0 Å². The van der Waals surface area contributed by atoms with Crippen LogP contribution in [0, 0.1) is 5.92 Å². The normalized spacial score (nSPS) is 20.7.